The fourth-order valence-corrected chi connectivity index (χ4v) is 4.50. The predicted molar refractivity (Wildman–Crippen MR) is 151 cm³/mol. The minimum Gasteiger partial charge on any atom is -0.505 e. The van der Waals surface area contributed by atoms with Crippen LogP contribution in [0.4, 0.5) is 28.9 Å². The van der Waals surface area contributed by atoms with Crippen LogP contribution in [0.25, 0.3) is 27.7 Å². The summed E-state index contributed by atoms with van der Waals surface area (Å²) in [5, 5.41) is 40.0. The second-order valence-corrected chi connectivity index (χ2v) is 9.68. The number of phenols is 1. The van der Waals surface area contributed by atoms with Gasteiger partial charge >= 0.3 is 18.5 Å². The second-order valence-electron chi connectivity index (χ2n) is 9.68. The van der Waals surface area contributed by atoms with Gasteiger partial charge in [-0.15, -0.1) is 10.2 Å². The number of hydrogen-bond donors (Lipinski definition) is 3. The largest absolute Gasteiger partial charge is 0.505 e. The van der Waals surface area contributed by atoms with Gasteiger partial charge in [0.05, 0.1) is 11.1 Å². The first-order valence-electron chi connectivity index (χ1n) is 12.7. The van der Waals surface area contributed by atoms with Crippen molar-refractivity contribution in [3.05, 3.63) is 95.6 Å². The van der Waals surface area contributed by atoms with E-state index >= 15 is 0 Å². The summed E-state index contributed by atoms with van der Waals surface area (Å²) in [6.07, 6.45) is -8.81. The summed E-state index contributed by atoms with van der Waals surface area (Å²) < 4.78 is 58.5. The van der Waals surface area contributed by atoms with Crippen molar-refractivity contribution in [2.24, 2.45) is 10.2 Å². The van der Waals surface area contributed by atoms with Gasteiger partial charge in [-0.3, -0.25) is 4.57 Å². The van der Waals surface area contributed by atoms with E-state index in [4.69, 9.17) is 0 Å². The number of rotatable bonds is 8. The number of alkyl halides is 4. The summed E-state index contributed by atoms with van der Waals surface area (Å²) in [5.74, 6) is -2.46. The molecule has 0 saturated carbocycles. The Kier molecular flexibility index (Phi) is 7.53. The Morgan fingerprint density at radius 2 is 1.65 bits per heavy atom. The quantitative estimate of drug-likeness (QED) is 0.123. The maximum absolute atomic E-state index is 13.7. The minimum absolute atomic E-state index is 0.0127. The summed E-state index contributed by atoms with van der Waals surface area (Å²) in [7, 11) is 0. The zero-order valence-corrected chi connectivity index (χ0v) is 22.6. The van der Waals surface area contributed by atoms with Gasteiger partial charge in [0.1, 0.15) is 11.4 Å². The fourth-order valence-electron chi connectivity index (χ4n) is 4.50. The lowest BCUT2D eigenvalue weighted by atomic mass is 10.0. The van der Waals surface area contributed by atoms with E-state index in [2.05, 4.69) is 15.0 Å². The number of aryl methyl sites for hydroxylation is 2. The third kappa shape index (κ3) is 5.59. The van der Waals surface area contributed by atoms with Crippen LogP contribution in [0, 0.1) is 13.8 Å². The molecule has 0 spiro atoms. The summed E-state index contributed by atoms with van der Waals surface area (Å²) in [4.78, 5) is 11.4. The van der Waals surface area contributed by atoms with Gasteiger partial charge in [-0.1, -0.05) is 30.3 Å². The van der Waals surface area contributed by atoms with Crippen molar-refractivity contribution >= 4 is 28.2 Å². The highest BCUT2D eigenvalue weighted by Crippen LogP contribution is 2.45. The van der Waals surface area contributed by atoms with Crippen LogP contribution < -0.4 is 4.74 Å². The summed E-state index contributed by atoms with van der Waals surface area (Å²) in [6, 6.07) is 19.1. The van der Waals surface area contributed by atoms with Crippen LogP contribution in [-0.2, 0) is 0 Å². The molecule has 0 amide bonds. The molecule has 0 aliphatic heterocycles. The molecule has 5 aromatic rings. The maximum Gasteiger partial charge on any atom is 0.461 e. The van der Waals surface area contributed by atoms with E-state index in [1.807, 2.05) is 13.8 Å². The molecule has 0 aliphatic carbocycles. The van der Waals surface area contributed by atoms with E-state index in [0.29, 0.717) is 11.3 Å². The first-order valence-corrected chi connectivity index (χ1v) is 12.7. The van der Waals surface area contributed by atoms with Crippen LogP contribution in [0.2, 0.25) is 0 Å². The van der Waals surface area contributed by atoms with Crippen LogP contribution >= 0.6 is 0 Å². The molecule has 0 radical (unpaired) electrons. The first-order chi connectivity index (χ1) is 20.4. The number of carbonyl (C=O) groups is 1. The lowest BCUT2D eigenvalue weighted by molar-refractivity contribution is -0.253. The molecule has 0 bridgehead atoms. The van der Waals surface area contributed by atoms with Crippen LogP contribution in [-0.4, -0.2) is 38.4 Å². The normalized spacial score (nSPS) is 12.0. The molecule has 5 rings (SSSR count). The van der Waals surface area contributed by atoms with Gasteiger partial charge in [0.15, 0.2) is 11.4 Å². The monoisotopic (exact) mass is 593 g/mol. The zero-order valence-electron chi connectivity index (χ0n) is 22.6. The molecule has 0 saturated heterocycles. The average Bonchev–Trinajstić information content (AvgIpc) is 3.23. The second kappa shape index (κ2) is 11.1. The Hall–Kier alpha value is -5.39. The molecule has 0 atom stereocenters. The van der Waals surface area contributed by atoms with Gasteiger partial charge in [-0.05, 0) is 73.0 Å². The van der Waals surface area contributed by atoms with Crippen LogP contribution in [0.3, 0.4) is 0 Å². The Bertz CT molecular complexity index is 1900. The lowest BCUT2D eigenvalue weighted by Gasteiger charge is -2.17. The predicted octanol–water partition coefficient (Wildman–Crippen LogP) is 8.68. The number of aromatic hydroxyl groups is 2. The molecule has 12 heteroatoms. The molecule has 1 aromatic heterocycles. The molecule has 43 heavy (non-hydrogen) atoms. The molecule has 8 nitrogen and oxygen atoms in total. The average molecular weight is 594 g/mol. The summed E-state index contributed by atoms with van der Waals surface area (Å²) in [6.45, 7) is 3.71. The number of benzene rings is 4. The Balaban J connectivity index is 1.63. The number of carboxylic acid groups (broad SMARTS) is 1. The summed E-state index contributed by atoms with van der Waals surface area (Å²) in [5.41, 5.74) is 2.94. The first kappa shape index (κ1) is 29.1. The molecular formula is C31H23F4N3O5. The van der Waals surface area contributed by atoms with E-state index in [-0.39, 0.29) is 39.2 Å². The Labute approximate surface area is 241 Å². The van der Waals surface area contributed by atoms with Crippen molar-refractivity contribution in [2.75, 3.05) is 0 Å². The van der Waals surface area contributed by atoms with Crippen LogP contribution in [0.15, 0.2) is 89.1 Å². The molecule has 0 fully saturated rings. The maximum atomic E-state index is 13.7. The van der Waals surface area contributed by atoms with Crippen LogP contribution in [0.5, 0.6) is 17.4 Å². The topological polar surface area (TPSA) is 117 Å². The van der Waals surface area contributed by atoms with E-state index in [1.54, 1.807) is 36.4 Å². The third-order valence-corrected chi connectivity index (χ3v) is 6.84. The number of hydrogen-bond acceptors (Lipinski definition) is 6. The molecule has 1 heterocycles. The van der Waals surface area contributed by atoms with Gasteiger partial charge < -0.3 is 20.1 Å². The Morgan fingerprint density at radius 1 is 0.907 bits per heavy atom. The van der Waals surface area contributed by atoms with Gasteiger partial charge in [0.25, 0.3) is 0 Å². The van der Waals surface area contributed by atoms with E-state index in [1.165, 1.54) is 34.9 Å². The molecule has 220 valence electrons. The minimum atomic E-state index is -4.75. The molecular weight excluding hydrogens is 570 g/mol. The third-order valence-electron chi connectivity index (χ3n) is 6.84. The molecule has 0 aliphatic rings. The van der Waals surface area contributed by atoms with Gasteiger partial charge in [0.2, 0.25) is 5.88 Å². The number of aromatic nitrogens is 1. The highest BCUT2D eigenvalue weighted by atomic mass is 19.3. The zero-order chi connectivity index (χ0) is 31.1. The van der Waals surface area contributed by atoms with Crippen molar-refractivity contribution in [1.82, 2.24) is 4.57 Å². The smallest absolute Gasteiger partial charge is 0.461 e. The number of phenolic OH excluding ortho intramolecular Hbond substituents is 1. The number of fused-ring (bicyclic) bond motifs is 1. The lowest BCUT2D eigenvalue weighted by Crippen LogP contribution is -2.33. The SMILES string of the molecule is Cc1ccc(-n2c(O)c(N=Nc3cccc(-c4cccc(C(=O)O)c4)c3O)c3ccc(OC(F)(F)C(F)F)cc32)cc1C. The van der Waals surface area contributed by atoms with Gasteiger partial charge in [-0.2, -0.15) is 17.6 Å². The van der Waals surface area contributed by atoms with Gasteiger partial charge in [-0.25, -0.2) is 4.79 Å². The summed E-state index contributed by atoms with van der Waals surface area (Å²) >= 11 is 0. The fraction of sp³-hybridized carbons (Fsp3) is 0.129. The van der Waals surface area contributed by atoms with E-state index < -0.39 is 30.1 Å². The molecule has 3 N–H and O–H groups in total. The molecule has 4 aromatic carbocycles. The number of azo groups is 1. The molecule has 0 unspecified atom stereocenters. The number of para-hydroxylation sites is 1. The van der Waals surface area contributed by atoms with Crippen LogP contribution in [0.1, 0.15) is 21.5 Å². The van der Waals surface area contributed by atoms with Gasteiger partial charge in [0, 0.05) is 22.7 Å². The standard InChI is InChI=1S/C31H23F4N3O5/c1-16-9-10-20(13-17(16)2)38-25-15-21(43-31(34,35)30(32)33)11-12-23(25)26(28(38)40)37-36-24-8-4-7-22(27(24)39)18-5-3-6-19(14-18)29(41)42/h3-15,30,39-40H,1-2H3,(H,41,42). The number of nitrogens with zero attached hydrogens (tertiary/aromatic N) is 3. The Morgan fingerprint density at radius 3 is 2.35 bits per heavy atom. The highest BCUT2D eigenvalue weighted by molar-refractivity contribution is 5.97. The van der Waals surface area contributed by atoms with Crippen molar-refractivity contribution in [3.8, 4) is 34.2 Å². The highest BCUT2D eigenvalue weighted by Gasteiger charge is 2.44. The van der Waals surface area contributed by atoms with Crippen molar-refractivity contribution in [2.45, 2.75) is 26.4 Å². The van der Waals surface area contributed by atoms with Crippen molar-refractivity contribution in [1.29, 1.82) is 0 Å². The number of aromatic carboxylic acids is 1. The number of ether oxygens (including phenoxy) is 1. The number of halogens is 4. The van der Waals surface area contributed by atoms with Crippen molar-refractivity contribution in [3.63, 3.8) is 0 Å². The van der Waals surface area contributed by atoms with E-state index in [0.717, 1.165) is 23.3 Å². The number of carboxylic acids is 1. The van der Waals surface area contributed by atoms with Crippen molar-refractivity contribution < 1.29 is 42.4 Å². The van der Waals surface area contributed by atoms with E-state index in [9.17, 15) is 37.7 Å².